The second-order valence-corrected chi connectivity index (χ2v) is 8.32. The number of unbranched alkanes of at least 4 members (excludes halogenated alkanes) is 6. The van der Waals surface area contributed by atoms with Crippen LogP contribution in [0.15, 0.2) is 12.4 Å². The monoisotopic (exact) mass is 464 g/mol. The van der Waals surface area contributed by atoms with Gasteiger partial charge in [-0.25, -0.2) is 22.3 Å². The molecule has 0 aromatic carbocycles. The lowest BCUT2D eigenvalue weighted by Crippen LogP contribution is -2.30. The maximum Gasteiger partial charge on any atom is 0.348 e. The topological polar surface area (TPSA) is 111 Å². The lowest BCUT2D eigenvalue weighted by Gasteiger charge is -2.06. The Morgan fingerprint density at radius 1 is 1.00 bits per heavy atom. The maximum atomic E-state index is 11.6. The van der Waals surface area contributed by atoms with Gasteiger partial charge in [0, 0.05) is 13.5 Å². The first-order chi connectivity index (χ1) is 14.7. The predicted molar refractivity (Wildman–Crippen MR) is 116 cm³/mol. The zero-order valence-corrected chi connectivity index (χ0v) is 20.3. The fourth-order valence-corrected chi connectivity index (χ4v) is 2.88. The fraction of sp³-hybridized carbons (Fsp3) is 0.810. The van der Waals surface area contributed by atoms with E-state index in [4.69, 9.17) is 9.47 Å². The summed E-state index contributed by atoms with van der Waals surface area (Å²) in [5, 5.41) is 0. The number of ether oxygens (including phenoxy) is 2. The van der Waals surface area contributed by atoms with Gasteiger partial charge in [-0.2, -0.15) is 0 Å². The molecule has 0 amide bonds. The minimum Gasteiger partial charge on any atom is -0.726 e. The zero-order chi connectivity index (χ0) is 23.5. The van der Waals surface area contributed by atoms with E-state index in [1.54, 1.807) is 0 Å². The molecule has 1 heterocycles. The van der Waals surface area contributed by atoms with E-state index in [0.717, 1.165) is 38.1 Å². The Morgan fingerprint density at radius 3 is 2.23 bits per heavy atom. The highest BCUT2D eigenvalue weighted by molar-refractivity contribution is 7.80. The Kier molecular flexibility index (Phi) is 17.2. The largest absolute Gasteiger partial charge is 0.726 e. The summed E-state index contributed by atoms with van der Waals surface area (Å²) in [6.45, 7) is 8.02. The van der Waals surface area contributed by atoms with Crippen LogP contribution in [0, 0.1) is 6.92 Å². The van der Waals surface area contributed by atoms with Crippen molar-refractivity contribution in [3.05, 3.63) is 18.2 Å². The molecule has 1 aromatic heterocycles. The van der Waals surface area contributed by atoms with Crippen molar-refractivity contribution < 1.29 is 36.0 Å². The molecule has 0 atom stereocenters. The van der Waals surface area contributed by atoms with E-state index < -0.39 is 10.4 Å². The average Bonchev–Trinajstić information content (AvgIpc) is 3.02. The van der Waals surface area contributed by atoms with Crippen molar-refractivity contribution in [3.63, 3.8) is 0 Å². The molecule has 0 spiro atoms. The SMILES string of the molecule is CCCCCCCCOS(=O)(=O)[O-].CCCCOCCOC(=O)Cn1cc[n+](C)c1C. The third-order valence-electron chi connectivity index (χ3n) is 4.55. The Balaban J connectivity index is 0.000000615. The summed E-state index contributed by atoms with van der Waals surface area (Å²) in [5.74, 6) is 0.791. The van der Waals surface area contributed by atoms with Crippen LogP contribution in [0.4, 0.5) is 0 Å². The Labute approximate surface area is 187 Å². The summed E-state index contributed by atoms with van der Waals surface area (Å²) in [6, 6.07) is 0. The van der Waals surface area contributed by atoms with E-state index in [-0.39, 0.29) is 19.1 Å². The molecule has 0 aliphatic carbocycles. The molecular weight excluding hydrogens is 424 g/mol. The van der Waals surface area contributed by atoms with Crippen molar-refractivity contribution in [1.82, 2.24) is 4.57 Å². The lowest BCUT2D eigenvalue weighted by atomic mass is 10.1. The van der Waals surface area contributed by atoms with E-state index >= 15 is 0 Å². The van der Waals surface area contributed by atoms with Crippen LogP contribution in [0.3, 0.4) is 0 Å². The van der Waals surface area contributed by atoms with Gasteiger partial charge in [0.05, 0.1) is 20.3 Å². The lowest BCUT2D eigenvalue weighted by molar-refractivity contribution is -0.677. The Bertz CT molecular complexity index is 690. The molecular formula is C21H40N2O7S. The number of imidazole rings is 1. The summed E-state index contributed by atoms with van der Waals surface area (Å²) in [6.07, 6.45) is 12.2. The average molecular weight is 465 g/mol. The van der Waals surface area contributed by atoms with Gasteiger partial charge in [0.15, 0.2) is 6.54 Å². The summed E-state index contributed by atoms with van der Waals surface area (Å²) < 4.78 is 48.3. The van der Waals surface area contributed by atoms with Crippen LogP contribution >= 0.6 is 0 Å². The summed E-state index contributed by atoms with van der Waals surface area (Å²) in [5.41, 5.74) is 0. The Hall–Kier alpha value is -1.49. The Morgan fingerprint density at radius 2 is 1.65 bits per heavy atom. The molecule has 0 unspecified atom stereocenters. The molecule has 0 N–H and O–H groups in total. The highest BCUT2D eigenvalue weighted by Crippen LogP contribution is 2.05. The number of hydrogen-bond donors (Lipinski definition) is 0. The van der Waals surface area contributed by atoms with E-state index in [2.05, 4.69) is 18.0 Å². The first-order valence-electron chi connectivity index (χ1n) is 11.1. The number of rotatable bonds is 16. The number of carbonyl (C=O) groups excluding carboxylic acids is 1. The molecule has 1 aromatic rings. The number of aryl methyl sites for hydroxylation is 1. The van der Waals surface area contributed by atoms with Crippen LogP contribution in [0.2, 0.25) is 0 Å². The molecule has 0 aliphatic rings. The van der Waals surface area contributed by atoms with Gasteiger partial charge in [-0.3, -0.25) is 4.18 Å². The minimum absolute atomic E-state index is 0.0258. The second-order valence-electron chi connectivity index (χ2n) is 7.27. The molecule has 1 rings (SSSR count). The molecule has 10 heteroatoms. The zero-order valence-electron chi connectivity index (χ0n) is 19.5. The van der Waals surface area contributed by atoms with Crippen LogP contribution in [0.25, 0.3) is 0 Å². The van der Waals surface area contributed by atoms with Gasteiger partial charge in [0.25, 0.3) is 5.82 Å². The number of aromatic nitrogens is 2. The van der Waals surface area contributed by atoms with Crippen LogP contribution in [-0.4, -0.2) is 49.9 Å². The van der Waals surface area contributed by atoms with Crippen LogP contribution in [0.5, 0.6) is 0 Å². The fourth-order valence-electron chi connectivity index (χ4n) is 2.56. The normalized spacial score (nSPS) is 11.1. The quantitative estimate of drug-likeness (QED) is 0.122. The van der Waals surface area contributed by atoms with E-state index in [1.807, 2.05) is 35.5 Å². The van der Waals surface area contributed by atoms with Crippen molar-refractivity contribution in [2.75, 3.05) is 26.4 Å². The van der Waals surface area contributed by atoms with Gasteiger partial charge in [0.1, 0.15) is 19.0 Å². The molecule has 0 saturated carbocycles. The molecule has 0 saturated heterocycles. The van der Waals surface area contributed by atoms with Crippen molar-refractivity contribution in [1.29, 1.82) is 0 Å². The third-order valence-corrected chi connectivity index (χ3v) is 5.01. The standard InChI is InChI=1S/C13H23N2O3.C8H18O4S/c1-4-5-8-17-9-10-18-13(16)11-15-7-6-14(3)12(15)2;1-2-3-4-5-6-7-8-12-13(9,10)11/h6-7H,4-5,8-11H2,1-3H3;2-8H2,1H3,(H,9,10,11)/q+1;/p-1. The molecule has 0 radical (unpaired) electrons. The third kappa shape index (κ3) is 17.8. The summed E-state index contributed by atoms with van der Waals surface area (Å²) in [4.78, 5) is 11.6. The van der Waals surface area contributed by atoms with Gasteiger partial charge in [-0.05, 0) is 12.8 Å². The minimum atomic E-state index is -4.47. The van der Waals surface area contributed by atoms with E-state index in [9.17, 15) is 17.8 Å². The predicted octanol–water partition coefficient (Wildman–Crippen LogP) is 2.80. The first-order valence-corrected chi connectivity index (χ1v) is 12.4. The first kappa shape index (κ1) is 29.5. The van der Waals surface area contributed by atoms with Gasteiger partial charge < -0.3 is 14.0 Å². The molecule has 31 heavy (non-hydrogen) atoms. The smallest absolute Gasteiger partial charge is 0.348 e. The highest BCUT2D eigenvalue weighted by Gasteiger charge is 2.13. The van der Waals surface area contributed by atoms with Crippen molar-refractivity contribution in [2.45, 2.75) is 78.7 Å². The van der Waals surface area contributed by atoms with Crippen LogP contribution < -0.4 is 4.57 Å². The molecule has 0 bridgehead atoms. The van der Waals surface area contributed by atoms with Gasteiger partial charge in [-0.15, -0.1) is 0 Å². The van der Waals surface area contributed by atoms with E-state index in [0.29, 0.717) is 19.6 Å². The highest BCUT2D eigenvalue weighted by atomic mass is 32.3. The molecule has 0 fully saturated rings. The molecule has 182 valence electrons. The maximum absolute atomic E-state index is 11.6. The number of esters is 1. The van der Waals surface area contributed by atoms with Crippen molar-refractivity contribution in [3.8, 4) is 0 Å². The molecule has 0 aliphatic heterocycles. The van der Waals surface area contributed by atoms with Crippen LogP contribution in [0.1, 0.15) is 71.0 Å². The van der Waals surface area contributed by atoms with Gasteiger partial charge in [0.2, 0.25) is 10.4 Å². The number of carbonyl (C=O) groups is 1. The second kappa shape index (κ2) is 18.1. The van der Waals surface area contributed by atoms with Crippen molar-refractivity contribution >= 4 is 16.4 Å². The van der Waals surface area contributed by atoms with Crippen molar-refractivity contribution in [2.24, 2.45) is 7.05 Å². The van der Waals surface area contributed by atoms with Gasteiger partial charge in [-0.1, -0.05) is 52.4 Å². The summed E-state index contributed by atoms with van der Waals surface area (Å²) >= 11 is 0. The number of hydrogen-bond acceptors (Lipinski definition) is 7. The van der Waals surface area contributed by atoms with E-state index in [1.165, 1.54) is 19.3 Å². The van der Waals surface area contributed by atoms with Gasteiger partial charge >= 0.3 is 5.97 Å². The summed E-state index contributed by atoms with van der Waals surface area (Å²) in [7, 11) is -2.53. The number of nitrogens with zero attached hydrogens (tertiary/aromatic N) is 2. The molecule has 9 nitrogen and oxygen atoms in total. The van der Waals surface area contributed by atoms with Crippen LogP contribution in [-0.2, 0) is 42.4 Å².